The van der Waals surface area contributed by atoms with Gasteiger partial charge in [-0.1, -0.05) is 29.8 Å². The number of halogens is 3. The summed E-state index contributed by atoms with van der Waals surface area (Å²) in [4.78, 5) is 18.6. The van der Waals surface area contributed by atoms with Gasteiger partial charge in [0.05, 0.1) is 5.02 Å². The first kappa shape index (κ1) is 22.4. The summed E-state index contributed by atoms with van der Waals surface area (Å²) in [5.74, 6) is 0.838. The maximum absolute atomic E-state index is 12.2. The number of nitrogens with zero attached hydrogens (tertiary/aromatic N) is 2. The minimum Gasteiger partial charge on any atom is -0.399 e. The number of para-hydroxylation sites is 1. The van der Waals surface area contributed by atoms with E-state index in [1.54, 1.807) is 6.20 Å². The molecule has 0 spiro atoms. The van der Waals surface area contributed by atoms with E-state index in [-0.39, 0.29) is 36.8 Å². The second-order valence-corrected chi connectivity index (χ2v) is 6.41. The molecule has 1 amide bonds. The Kier molecular flexibility index (Phi) is 8.99. The smallest absolute Gasteiger partial charge is 0.220 e. The Hall–Kier alpha value is -1.69. The third kappa shape index (κ3) is 5.66. The van der Waals surface area contributed by atoms with Crippen molar-refractivity contribution in [1.29, 1.82) is 0 Å². The highest BCUT2D eigenvalue weighted by Gasteiger charge is 2.25. The van der Waals surface area contributed by atoms with E-state index >= 15 is 0 Å². The molecule has 0 radical (unpaired) electrons. The second kappa shape index (κ2) is 10.5. The van der Waals surface area contributed by atoms with Crippen molar-refractivity contribution >= 4 is 53.8 Å². The van der Waals surface area contributed by atoms with E-state index in [0.717, 1.165) is 36.6 Å². The van der Waals surface area contributed by atoms with Crippen molar-refractivity contribution in [2.45, 2.75) is 25.3 Å². The van der Waals surface area contributed by atoms with Crippen LogP contribution in [-0.4, -0.2) is 30.0 Å². The maximum atomic E-state index is 12.2. The fourth-order valence-corrected chi connectivity index (χ4v) is 3.23. The molecule has 3 N–H and O–H groups in total. The fourth-order valence-electron chi connectivity index (χ4n) is 2.99. The van der Waals surface area contributed by atoms with Crippen molar-refractivity contribution < 1.29 is 4.79 Å². The molecule has 1 aliphatic rings. The van der Waals surface area contributed by atoms with E-state index in [1.165, 1.54) is 0 Å². The summed E-state index contributed by atoms with van der Waals surface area (Å²) in [6.07, 6.45) is 3.72. The van der Waals surface area contributed by atoms with E-state index in [0.29, 0.717) is 17.9 Å². The van der Waals surface area contributed by atoms with Gasteiger partial charge in [-0.3, -0.25) is 4.79 Å². The molecule has 1 fully saturated rings. The van der Waals surface area contributed by atoms with Crippen LogP contribution in [0.2, 0.25) is 5.02 Å². The van der Waals surface area contributed by atoms with Crippen LogP contribution in [0.15, 0.2) is 42.6 Å². The molecule has 0 saturated carbocycles. The Morgan fingerprint density at radius 2 is 2.04 bits per heavy atom. The number of nitrogens with one attached hydrogen (secondary N) is 1. The molecule has 3 rings (SSSR count). The summed E-state index contributed by atoms with van der Waals surface area (Å²) in [5, 5.41) is 3.74. The van der Waals surface area contributed by atoms with Gasteiger partial charge in [-0.2, -0.15) is 0 Å². The largest absolute Gasteiger partial charge is 0.399 e. The lowest BCUT2D eigenvalue weighted by Crippen LogP contribution is -2.37. The van der Waals surface area contributed by atoms with Gasteiger partial charge in [-0.05, 0) is 36.6 Å². The van der Waals surface area contributed by atoms with Gasteiger partial charge in [-0.15, -0.1) is 24.8 Å². The zero-order valence-corrected chi connectivity index (χ0v) is 16.6. The monoisotopic (exact) mass is 416 g/mol. The number of hydrogen-bond donors (Lipinski definition) is 2. The molecule has 1 aliphatic heterocycles. The Morgan fingerprint density at radius 1 is 1.27 bits per heavy atom. The van der Waals surface area contributed by atoms with Gasteiger partial charge in [-0.25, -0.2) is 4.98 Å². The number of carbonyl (C=O) groups excluding carboxylic acids is 1. The summed E-state index contributed by atoms with van der Waals surface area (Å²) >= 11 is 6.19. The molecule has 26 heavy (non-hydrogen) atoms. The third-order valence-corrected chi connectivity index (χ3v) is 4.56. The zero-order valence-electron chi connectivity index (χ0n) is 14.2. The number of rotatable bonds is 5. The number of amides is 1. The van der Waals surface area contributed by atoms with Crippen molar-refractivity contribution in [1.82, 2.24) is 10.3 Å². The van der Waals surface area contributed by atoms with E-state index in [4.69, 9.17) is 17.3 Å². The summed E-state index contributed by atoms with van der Waals surface area (Å²) in [6, 6.07) is 11.4. The summed E-state index contributed by atoms with van der Waals surface area (Å²) in [5.41, 5.74) is 7.66. The number of anilines is 2. The number of hydrogen-bond acceptors (Lipinski definition) is 4. The molecule has 1 unspecified atom stereocenters. The van der Waals surface area contributed by atoms with Crippen molar-refractivity contribution in [3.8, 4) is 0 Å². The van der Waals surface area contributed by atoms with Gasteiger partial charge in [0.15, 0.2) is 0 Å². The molecule has 0 aliphatic carbocycles. The molecular formula is C18H23Cl3N4O. The fraction of sp³-hybridized carbons (Fsp3) is 0.333. The molecule has 1 saturated heterocycles. The maximum Gasteiger partial charge on any atom is 0.220 e. The van der Waals surface area contributed by atoms with Crippen LogP contribution in [0.3, 0.4) is 0 Å². The lowest BCUT2D eigenvalue weighted by Gasteiger charge is -2.19. The minimum absolute atomic E-state index is 0. The standard InChI is InChI=1S/C18H21ClN4O.2ClH/c19-15-5-3-10-21-18(15)23-11-9-14(12-23)22-17(24)8-7-13-4-1-2-6-16(13)20;;/h1-6,10,14H,7-9,11-12,20H2,(H,22,24);2*1H. The normalized spacial score (nSPS) is 15.7. The van der Waals surface area contributed by atoms with E-state index < -0.39 is 0 Å². The minimum atomic E-state index is 0. The molecular weight excluding hydrogens is 395 g/mol. The number of carbonyl (C=O) groups is 1. The van der Waals surface area contributed by atoms with Crippen LogP contribution >= 0.6 is 36.4 Å². The molecule has 5 nitrogen and oxygen atoms in total. The summed E-state index contributed by atoms with van der Waals surface area (Å²) < 4.78 is 0. The van der Waals surface area contributed by atoms with Crippen molar-refractivity contribution in [2.75, 3.05) is 23.7 Å². The molecule has 1 aromatic heterocycles. The molecule has 8 heteroatoms. The van der Waals surface area contributed by atoms with Gasteiger partial charge in [0.1, 0.15) is 5.82 Å². The molecule has 0 bridgehead atoms. The van der Waals surface area contributed by atoms with Gasteiger partial charge < -0.3 is 16.0 Å². The highest BCUT2D eigenvalue weighted by atomic mass is 35.5. The average molecular weight is 418 g/mol. The van der Waals surface area contributed by atoms with Gasteiger partial charge in [0.2, 0.25) is 5.91 Å². The lowest BCUT2D eigenvalue weighted by atomic mass is 10.1. The van der Waals surface area contributed by atoms with Crippen molar-refractivity contribution in [3.63, 3.8) is 0 Å². The van der Waals surface area contributed by atoms with Crippen molar-refractivity contribution in [2.24, 2.45) is 0 Å². The Labute approximate surface area is 171 Å². The van der Waals surface area contributed by atoms with Crippen LogP contribution in [-0.2, 0) is 11.2 Å². The molecule has 1 atom stereocenters. The highest BCUT2D eigenvalue weighted by Crippen LogP contribution is 2.25. The first-order valence-corrected chi connectivity index (χ1v) is 8.49. The molecule has 2 heterocycles. The number of pyridine rings is 1. The topological polar surface area (TPSA) is 71.2 Å². The van der Waals surface area contributed by atoms with Crippen LogP contribution in [0, 0.1) is 0 Å². The third-order valence-electron chi connectivity index (χ3n) is 4.27. The van der Waals surface area contributed by atoms with Gasteiger partial charge in [0.25, 0.3) is 0 Å². The summed E-state index contributed by atoms with van der Waals surface area (Å²) in [6.45, 7) is 1.57. The zero-order chi connectivity index (χ0) is 16.9. The Bertz CT molecular complexity index is 729. The average Bonchev–Trinajstić information content (AvgIpc) is 3.03. The van der Waals surface area contributed by atoms with Crippen LogP contribution < -0.4 is 16.0 Å². The highest BCUT2D eigenvalue weighted by molar-refractivity contribution is 6.32. The van der Waals surface area contributed by atoms with Crippen LogP contribution in [0.1, 0.15) is 18.4 Å². The Morgan fingerprint density at radius 3 is 2.77 bits per heavy atom. The number of aryl methyl sites for hydroxylation is 1. The first-order chi connectivity index (χ1) is 11.6. The Balaban J connectivity index is 0.00000169. The predicted molar refractivity (Wildman–Crippen MR) is 112 cm³/mol. The van der Waals surface area contributed by atoms with Crippen LogP contribution in [0.4, 0.5) is 11.5 Å². The van der Waals surface area contributed by atoms with E-state index in [2.05, 4.69) is 15.2 Å². The molecule has 2 aromatic rings. The molecule has 142 valence electrons. The number of benzene rings is 1. The number of nitrogens with two attached hydrogens (primary N) is 1. The number of nitrogen functional groups attached to an aromatic ring is 1. The number of aromatic nitrogens is 1. The first-order valence-electron chi connectivity index (χ1n) is 8.11. The van der Waals surface area contributed by atoms with Crippen LogP contribution in [0.25, 0.3) is 0 Å². The van der Waals surface area contributed by atoms with E-state index in [1.807, 2.05) is 36.4 Å². The quantitative estimate of drug-likeness (QED) is 0.731. The predicted octanol–water partition coefficient (Wildman–Crippen LogP) is 3.49. The summed E-state index contributed by atoms with van der Waals surface area (Å²) in [7, 11) is 0. The van der Waals surface area contributed by atoms with Crippen molar-refractivity contribution in [3.05, 3.63) is 53.2 Å². The van der Waals surface area contributed by atoms with Gasteiger partial charge >= 0.3 is 0 Å². The van der Waals surface area contributed by atoms with Crippen LogP contribution in [0.5, 0.6) is 0 Å². The molecule has 1 aromatic carbocycles. The second-order valence-electron chi connectivity index (χ2n) is 6.01. The van der Waals surface area contributed by atoms with E-state index in [9.17, 15) is 4.79 Å². The van der Waals surface area contributed by atoms with Gasteiger partial charge in [0, 0.05) is 37.4 Å². The lowest BCUT2D eigenvalue weighted by molar-refractivity contribution is -0.121. The SMILES string of the molecule is Cl.Cl.Nc1ccccc1CCC(=O)NC1CCN(c2ncccc2Cl)C1.